The normalized spacial score (nSPS) is 21.7. The van der Waals surface area contributed by atoms with Crippen molar-refractivity contribution in [3.8, 4) is 17.6 Å². The highest BCUT2D eigenvalue weighted by Gasteiger charge is 2.44. The molecule has 0 saturated heterocycles. The third-order valence-electron chi connectivity index (χ3n) is 3.84. The van der Waals surface area contributed by atoms with Gasteiger partial charge in [-0.15, -0.1) is 0 Å². The van der Waals surface area contributed by atoms with E-state index in [1.165, 1.54) is 18.3 Å². The highest BCUT2D eigenvalue weighted by molar-refractivity contribution is 5.46. The van der Waals surface area contributed by atoms with Gasteiger partial charge in [-0.05, 0) is 38.1 Å². The van der Waals surface area contributed by atoms with E-state index in [-0.39, 0.29) is 5.56 Å². The minimum absolute atomic E-state index is 0.239. The second kappa shape index (κ2) is 5.45. The van der Waals surface area contributed by atoms with Gasteiger partial charge in [-0.25, -0.2) is 0 Å². The van der Waals surface area contributed by atoms with E-state index in [2.05, 4.69) is 11.1 Å². The Bertz CT molecular complexity index is 815. The highest BCUT2D eigenvalue weighted by atomic mass is 16.5. The number of rotatable bonds is 2. The fourth-order valence-corrected chi connectivity index (χ4v) is 2.56. The number of H-pyrrole nitrogens is 1. The Labute approximate surface area is 132 Å². The van der Waals surface area contributed by atoms with Crippen LogP contribution in [-0.2, 0) is 0 Å². The lowest BCUT2D eigenvalue weighted by Crippen LogP contribution is -2.50. The zero-order valence-electron chi connectivity index (χ0n) is 12.7. The van der Waals surface area contributed by atoms with Crippen LogP contribution in [0.3, 0.4) is 0 Å². The molecule has 0 radical (unpaired) electrons. The van der Waals surface area contributed by atoms with Gasteiger partial charge >= 0.3 is 0 Å². The van der Waals surface area contributed by atoms with E-state index in [1.54, 1.807) is 32.0 Å². The van der Waals surface area contributed by atoms with Crippen LogP contribution in [0, 0.1) is 11.3 Å². The zero-order chi connectivity index (χ0) is 16.6. The number of aliphatic hydroxyl groups excluding tert-OH is 1. The number of aromatic amines is 1. The number of hydrogen-bond acceptors (Lipinski definition) is 5. The first kappa shape index (κ1) is 15.1. The van der Waals surface area contributed by atoms with E-state index < -0.39 is 17.8 Å². The molecule has 2 N–H and O–H groups in total. The van der Waals surface area contributed by atoms with Gasteiger partial charge < -0.3 is 19.6 Å². The first-order valence-electron chi connectivity index (χ1n) is 7.17. The standard InChI is InChI=1S/C17H16N2O4/c1-17(2)16(21)15(22-11-4-6-14(20)19-9-11)12-7-10(8-18)3-5-13(12)23-17/h3-7,9,15-16,21H,1-2H3,(H,19,20)/t15-,16+/m1/s1. The number of pyridine rings is 1. The first-order valence-corrected chi connectivity index (χ1v) is 7.17. The van der Waals surface area contributed by atoms with Gasteiger partial charge in [-0.2, -0.15) is 5.26 Å². The summed E-state index contributed by atoms with van der Waals surface area (Å²) in [4.78, 5) is 13.7. The van der Waals surface area contributed by atoms with Crippen molar-refractivity contribution in [2.45, 2.75) is 31.7 Å². The van der Waals surface area contributed by atoms with Gasteiger partial charge in [0.1, 0.15) is 23.2 Å². The summed E-state index contributed by atoms with van der Waals surface area (Å²) in [6, 6.07) is 9.94. The summed E-state index contributed by atoms with van der Waals surface area (Å²) >= 11 is 0. The molecule has 0 aliphatic carbocycles. The minimum atomic E-state index is -0.948. The molecular weight excluding hydrogens is 296 g/mol. The zero-order valence-corrected chi connectivity index (χ0v) is 12.7. The summed E-state index contributed by atoms with van der Waals surface area (Å²) in [6.07, 6.45) is -0.227. The molecule has 0 saturated carbocycles. The Morgan fingerprint density at radius 2 is 2.13 bits per heavy atom. The lowest BCUT2D eigenvalue weighted by atomic mass is 9.87. The van der Waals surface area contributed by atoms with Gasteiger partial charge in [0, 0.05) is 17.8 Å². The lowest BCUT2D eigenvalue weighted by molar-refractivity contribution is -0.103. The molecule has 0 unspecified atom stereocenters. The van der Waals surface area contributed by atoms with Crippen molar-refractivity contribution in [1.82, 2.24) is 4.98 Å². The Morgan fingerprint density at radius 3 is 2.78 bits per heavy atom. The van der Waals surface area contributed by atoms with E-state index in [0.717, 1.165) is 0 Å². The largest absolute Gasteiger partial charge is 0.485 e. The second-order valence-electron chi connectivity index (χ2n) is 5.94. The van der Waals surface area contributed by atoms with Gasteiger partial charge in [0.15, 0.2) is 6.10 Å². The van der Waals surface area contributed by atoms with Crippen LogP contribution in [-0.4, -0.2) is 21.8 Å². The number of fused-ring (bicyclic) bond motifs is 1. The Hall–Kier alpha value is -2.78. The Kier molecular flexibility index (Phi) is 3.58. The predicted molar refractivity (Wildman–Crippen MR) is 82.3 cm³/mol. The second-order valence-corrected chi connectivity index (χ2v) is 5.94. The van der Waals surface area contributed by atoms with Crippen LogP contribution in [0.4, 0.5) is 0 Å². The van der Waals surface area contributed by atoms with Crippen molar-refractivity contribution < 1.29 is 14.6 Å². The van der Waals surface area contributed by atoms with Crippen LogP contribution < -0.4 is 15.0 Å². The maximum Gasteiger partial charge on any atom is 0.248 e. The van der Waals surface area contributed by atoms with E-state index in [1.807, 2.05) is 0 Å². The molecule has 6 heteroatoms. The molecule has 0 fully saturated rings. The van der Waals surface area contributed by atoms with Gasteiger partial charge in [-0.3, -0.25) is 4.79 Å². The molecule has 1 aliphatic rings. The molecule has 2 heterocycles. The number of aromatic nitrogens is 1. The Morgan fingerprint density at radius 1 is 1.35 bits per heavy atom. The first-order chi connectivity index (χ1) is 10.9. The monoisotopic (exact) mass is 312 g/mol. The molecule has 0 spiro atoms. The Balaban J connectivity index is 2.04. The lowest BCUT2D eigenvalue weighted by Gasteiger charge is -2.41. The summed E-state index contributed by atoms with van der Waals surface area (Å²) < 4.78 is 11.7. The molecule has 118 valence electrons. The third-order valence-corrected chi connectivity index (χ3v) is 3.84. The predicted octanol–water partition coefficient (Wildman–Crippen LogP) is 1.90. The maximum atomic E-state index is 11.1. The fraction of sp³-hybridized carbons (Fsp3) is 0.294. The van der Waals surface area contributed by atoms with Crippen LogP contribution >= 0.6 is 0 Å². The minimum Gasteiger partial charge on any atom is -0.485 e. The summed E-state index contributed by atoms with van der Waals surface area (Å²) in [5.74, 6) is 0.980. The molecule has 2 aromatic rings. The van der Waals surface area contributed by atoms with Crippen LogP contribution in [0.25, 0.3) is 0 Å². The van der Waals surface area contributed by atoms with Crippen molar-refractivity contribution >= 4 is 0 Å². The molecule has 6 nitrogen and oxygen atoms in total. The van der Waals surface area contributed by atoms with E-state index in [0.29, 0.717) is 22.6 Å². The third kappa shape index (κ3) is 2.79. The topological polar surface area (TPSA) is 95.3 Å². The quantitative estimate of drug-likeness (QED) is 0.883. The van der Waals surface area contributed by atoms with Crippen LogP contribution in [0.15, 0.2) is 41.3 Å². The summed E-state index contributed by atoms with van der Waals surface area (Å²) in [5, 5.41) is 19.7. The van der Waals surface area contributed by atoms with E-state index in [9.17, 15) is 9.90 Å². The summed E-state index contributed by atoms with van der Waals surface area (Å²) in [5.41, 5.74) is -0.0395. The fourth-order valence-electron chi connectivity index (χ4n) is 2.56. The molecular formula is C17H16N2O4. The maximum absolute atomic E-state index is 11.1. The molecule has 0 bridgehead atoms. The number of nitriles is 1. The van der Waals surface area contributed by atoms with Crippen molar-refractivity contribution in [3.63, 3.8) is 0 Å². The number of ether oxygens (including phenoxy) is 2. The molecule has 3 rings (SSSR count). The molecule has 23 heavy (non-hydrogen) atoms. The number of nitrogens with one attached hydrogen (secondary N) is 1. The summed E-state index contributed by atoms with van der Waals surface area (Å²) in [7, 11) is 0. The van der Waals surface area contributed by atoms with Gasteiger partial charge in [0.05, 0.1) is 11.6 Å². The van der Waals surface area contributed by atoms with Gasteiger partial charge in [0.2, 0.25) is 5.56 Å². The van der Waals surface area contributed by atoms with Crippen molar-refractivity contribution in [2.24, 2.45) is 0 Å². The molecule has 0 amide bonds. The number of hydrogen-bond donors (Lipinski definition) is 2. The molecule has 2 atom stereocenters. The highest BCUT2D eigenvalue weighted by Crippen LogP contribution is 2.42. The van der Waals surface area contributed by atoms with Gasteiger partial charge in [0.25, 0.3) is 0 Å². The smallest absolute Gasteiger partial charge is 0.248 e. The van der Waals surface area contributed by atoms with E-state index in [4.69, 9.17) is 14.7 Å². The van der Waals surface area contributed by atoms with Crippen molar-refractivity contribution in [1.29, 1.82) is 5.26 Å². The van der Waals surface area contributed by atoms with Crippen LogP contribution in [0.5, 0.6) is 11.5 Å². The van der Waals surface area contributed by atoms with Crippen molar-refractivity contribution in [2.75, 3.05) is 0 Å². The molecule has 1 aromatic carbocycles. The number of nitrogens with zero attached hydrogens (tertiary/aromatic N) is 1. The average molecular weight is 312 g/mol. The number of benzene rings is 1. The molecule has 1 aromatic heterocycles. The van der Waals surface area contributed by atoms with Crippen LogP contribution in [0.2, 0.25) is 0 Å². The molecule has 1 aliphatic heterocycles. The SMILES string of the molecule is CC1(C)Oc2ccc(C#N)cc2[C@@H](Oc2ccc(=O)[nH]c2)[C@@H]1O. The van der Waals surface area contributed by atoms with Gasteiger partial charge in [-0.1, -0.05) is 0 Å². The van der Waals surface area contributed by atoms with Crippen molar-refractivity contribution in [3.05, 3.63) is 58.0 Å². The average Bonchev–Trinajstić information content (AvgIpc) is 2.53. The summed E-state index contributed by atoms with van der Waals surface area (Å²) in [6.45, 7) is 3.53. The van der Waals surface area contributed by atoms with E-state index >= 15 is 0 Å². The van der Waals surface area contributed by atoms with Crippen LogP contribution in [0.1, 0.15) is 31.1 Å². The number of aliphatic hydroxyl groups is 1.